The molecule has 0 aromatic rings. The van der Waals surface area contributed by atoms with E-state index in [0.717, 1.165) is 7.11 Å². The smallest absolute Gasteiger partial charge is 0.857 e. The standard InChI is InChI=1S/C6H11F2N.CH3O.K/c1-9(2)4-5-3-6(5,7)8;1-2;/h5H,3-4H2,1-2H3;1H3;/q;-1;+1. The van der Waals surface area contributed by atoms with E-state index in [0.29, 0.717) is 6.54 Å². The molecule has 0 aromatic heterocycles. The Labute approximate surface area is 115 Å². The molecule has 1 atom stereocenters. The van der Waals surface area contributed by atoms with Crippen molar-refractivity contribution in [2.45, 2.75) is 12.3 Å². The first-order chi connectivity index (χ1) is 5.02. The first-order valence-electron chi connectivity index (χ1n) is 3.46. The summed E-state index contributed by atoms with van der Waals surface area (Å²) in [6.07, 6.45) is 0.0885. The molecule has 1 rings (SSSR count). The minimum absolute atomic E-state index is 0. The second-order valence-electron chi connectivity index (χ2n) is 2.92. The molecule has 5 heteroatoms. The van der Waals surface area contributed by atoms with Gasteiger partial charge in [0.1, 0.15) is 0 Å². The van der Waals surface area contributed by atoms with Crippen LogP contribution >= 0.6 is 0 Å². The van der Waals surface area contributed by atoms with Gasteiger partial charge in [0.25, 0.3) is 5.92 Å². The molecule has 0 bridgehead atoms. The fourth-order valence-corrected chi connectivity index (χ4v) is 0.908. The molecule has 1 saturated carbocycles. The van der Waals surface area contributed by atoms with Crippen molar-refractivity contribution in [1.82, 2.24) is 4.90 Å². The molecule has 0 heterocycles. The van der Waals surface area contributed by atoms with Crippen molar-refractivity contribution in [3.63, 3.8) is 0 Å². The van der Waals surface area contributed by atoms with Crippen LogP contribution < -0.4 is 56.5 Å². The molecule has 68 valence electrons. The number of hydrogen-bond donors (Lipinski definition) is 0. The van der Waals surface area contributed by atoms with Crippen LogP contribution in [0.25, 0.3) is 0 Å². The second kappa shape index (κ2) is 6.81. The Balaban J connectivity index is 0. The van der Waals surface area contributed by atoms with E-state index >= 15 is 0 Å². The third-order valence-corrected chi connectivity index (χ3v) is 1.54. The van der Waals surface area contributed by atoms with Crippen molar-refractivity contribution in [3.8, 4) is 0 Å². The molecule has 0 N–H and O–H groups in total. The van der Waals surface area contributed by atoms with Gasteiger partial charge in [-0.15, -0.1) is 0 Å². The van der Waals surface area contributed by atoms with Crippen molar-refractivity contribution in [2.24, 2.45) is 5.92 Å². The molecule has 0 aromatic carbocycles. The van der Waals surface area contributed by atoms with Gasteiger partial charge in [-0.05, 0) is 14.1 Å². The largest absolute Gasteiger partial charge is 1.00 e. The summed E-state index contributed by atoms with van der Waals surface area (Å²) in [4.78, 5) is 1.80. The predicted molar refractivity (Wildman–Crippen MR) is 37.5 cm³/mol. The van der Waals surface area contributed by atoms with Crippen molar-refractivity contribution < 1.29 is 65.3 Å². The summed E-state index contributed by atoms with van der Waals surface area (Å²) < 4.78 is 24.3. The summed E-state index contributed by atoms with van der Waals surface area (Å²) in [5, 5.41) is 8.25. The maximum atomic E-state index is 12.1. The van der Waals surface area contributed by atoms with Gasteiger partial charge in [0.15, 0.2) is 0 Å². The van der Waals surface area contributed by atoms with Gasteiger partial charge in [-0.25, -0.2) is 8.78 Å². The monoisotopic (exact) mass is 205 g/mol. The Morgan fingerprint density at radius 1 is 1.42 bits per heavy atom. The van der Waals surface area contributed by atoms with Crippen LogP contribution in [0.15, 0.2) is 0 Å². The molecule has 1 unspecified atom stereocenters. The van der Waals surface area contributed by atoms with Crippen LogP contribution in [0.3, 0.4) is 0 Å². The average molecular weight is 205 g/mol. The zero-order chi connectivity index (χ0) is 9.07. The van der Waals surface area contributed by atoms with Crippen LogP contribution in [0.1, 0.15) is 6.42 Å². The van der Waals surface area contributed by atoms with Crippen LogP contribution in [0.2, 0.25) is 0 Å². The normalized spacial score (nSPS) is 23.8. The molecule has 2 nitrogen and oxygen atoms in total. The summed E-state index contributed by atoms with van der Waals surface area (Å²) in [6.45, 7) is 0.521. The summed E-state index contributed by atoms with van der Waals surface area (Å²) >= 11 is 0. The minimum atomic E-state index is -2.34. The van der Waals surface area contributed by atoms with Crippen LogP contribution in [0, 0.1) is 5.92 Å². The van der Waals surface area contributed by atoms with E-state index in [2.05, 4.69) is 0 Å². The fraction of sp³-hybridized carbons (Fsp3) is 1.00. The molecule has 1 aliphatic carbocycles. The molecular formula is C7H14F2KNO. The number of hydrogen-bond acceptors (Lipinski definition) is 2. The van der Waals surface area contributed by atoms with Crippen molar-refractivity contribution in [1.29, 1.82) is 0 Å². The third kappa shape index (κ3) is 5.96. The summed E-state index contributed by atoms with van der Waals surface area (Å²) in [5.74, 6) is -2.71. The van der Waals surface area contributed by atoms with E-state index in [1.54, 1.807) is 4.90 Å². The zero-order valence-corrected chi connectivity index (χ0v) is 11.2. The van der Waals surface area contributed by atoms with Crippen LogP contribution in [-0.2, 0) is 0 Å². The van der Waals surface area contributed by atoms with E-state index in [4.69, 9.17) is 5.11 Å². The molecule has 1 aliphatic rings. The molecule has 0 radical (unpaired) electrons. The maximum Gasteiger partial charge on any atom is 1.00 e. The van der Waals surface area contributed by atoms with E-state index in [1.807, 2.05) is 14.1 Å². The maximum absolute atomic E-state index is 12.1. The van der Waals surface area contributed by atoms with E-state index < -0.39 is 5.92 Å². The Hall–Kier alpha value is 1.42. The fourth-order valence-electron chi connectivity index (χ4n) is 0.908. The van der Waals surface area contributed by atoms with E-state index in [-0.39, 0.29) is 63.7 Å². The first-order valence-corrected chi connectivity index (χ1v) is 3.46. The molecule has 1 fully saturated rings. The van der Waals surface area contributed by atoms with Crippen LogP contribution in [0.4, 0.5) is 8.78 Å². The Morgan fingerprint density at radius 3 is 1.83 bits per heavy atom. The van der Waals surface area contributed by atoms with Crippen molar-refractivity contribution >= 4 is 0 Å². The average Bonchev–Trinajstić information content (AvgIpc) is 2.43. The Morgan fingerprint density at radius 2 is 1.75 bits per heavy atom. The van der Waals surface area contributed by atoms with Gasteiger partial charge >= 0.3 is 51.4 Å². The topological polar surface area (TPSA) is 26.3 Å². The molecule has 0 saturated heterocycles. The summed E-state index contributed by atoms with van der Waals surface area (Å²) in [5.41, 5.74) is 0. The Kier molecular flexibility index (Phi) is 9.00. The van der Waals surface area contributed by atoms with Crippen LogP contribution in [0.5, 0.6) is 0 Å². The van der Waals surface area contributed by atoms with Crippen molar-refractivity contribution in [3.05, 3.63) is 0 Å². The number of halogens is 2. The number of alkyl halides is 2. The third-order valence-electron chi connectivity index (χ3n) is 1.54. The second-order valence-corrected chi connectivity index (χ2v) is 2.92. The molecule has 12 heavy (non-hydrogen) atoms. The quantitative estimate of drug-likeness (QED) is 0.455. The first kappa shape index (κ1) is 15.9. The van der Waals surface area contributed by atoms with Gasteiger partial charge in [0, 0.05) is 18.9 Å². The van der Waals surface area contributed by atoms with Crippen molar-refractivity contribution in [2.75, 3.05) is 27.7 Å². The number of nitrogens with zero attached hydrogens (tertiary/aromatic N) is 1. The molecule has 0 spiro atoms. The van der Waals surface area contributed by atoms with Gasteiger partial charge in [0.2, 0.25) is 0 Å². The van der Waals surface area contributed by atoms with Gasteiger partial charge in [-0.1, -0.05) is 0 Å². The van der Waals surface area contributed by atoms with Gasteiger partial charge in [0.05, 0.1) is 0 Å². The van der Waals surface area contributed by atoms with E-state index in [9.17, 15) is 8.78 Å². The zero-order valence-electron chi connectivity index (χ0n) is 8.10. The van der Waals surface area contributed by atoms with Gasteiger partial charge in [-0.3, -0.25) is 0 Å². The summed E-state index contributed by atoms with van der Waals surface area (Å²) in [6, 6.07) is 0. The SMILES string of the molecule is CN(C)CC1CC1(F)F.C[O-].[K+]. The molecule has 0 amide bonds. The van der Waals surface area contributed by atoms with E-state index in [1.165, 1.54) is 0 Å². The Bertz CT molecular complexity index is 122. The van der Waals surface area contributed by atoms with Gasteiger partial charge in [-0.2, -0.15) is 7.11 Å². The predicted octanol–water partition coefficient (Wildman–Crippen LogP) is -2.82. The van der Waals surface area contributed by atoms with Gasteiger partial charge < -0.3 is 10.0 Å². The molecule has 0 aliphatic heterocycles. The van der Waals surface area contributed by atoms with Crippen LogP contribution in [-0.4, -0.2) is 38.6 Å². The molecular weight excluding hydrogens is 191 g/mol. The summed E-state index contributed by atoms with van der Waals surface area (Å²) in [7, 11) is 4.38. The minimum Gasteiger partial charge on any atom is -0.857 e. The number of rotatable bonds is 2.